The van der Waals surface area contributed by atoms with E-state index in [1.54, 1.807) is 0 Å². The Labute approximate surface area is 94.4 Å². The summed E-state index contributed by atoms with van der Waals surface area (Å²) in [5.41, 5.74) is 0. The van der Waals surface area contributed by atoms with Crippen molar-refractivity contribution in [2.75, 3.05) is 18.6 Å². The second-order valence-electron chi connectivity index (χ2n) is 3.82. The molecule has 1 N–H and O–H groups in total. The van der Waals surface area contributed by atoms with Gasteiger partial charge in [-0.05, 0) is 37.8 Å². The second kappa shape index (κ2) is 11.4. The molecule has 1 nitrogen and oxygen atoms in total. The highest BCUT2D eigenvalue weighted by Crippen LogP contribution is 2.10. The zero-order valence-electron chi connectivity index (χ0n) is 10.1. The third-order valence-corrected chi connectivity index (χ3v) is 3.58. The van der Waals surface area contributed by atoms with Crippen LogP contribution in [0.2, 0.25) is 0 Å². The van der Waals surface area contributed by atoms with E-state index in [0.717, 1.165) is 6.04 Å². The average Bonchev–Trinajstić information content (AvgIpc) is 2.21. The van der Waals surface area contributed by atoms with Crippen LogP contribution in [-0.4, -0.2) is 24.6 Å². The lowest BCUT2D eigenvalue weighted by Gasteiger charge is -2.14. The lowest BCUT2D eigenvalue weighted by Crippen LogP contribution is -2.24. The molecule has 2 heteroatoms. The quantitative estimate of drug-likeness (QED) is 0.560. The Morgan fingerprint density at radius 2 is 1.86 bits per heavy atom. The highest BCUT2D eigenvalue weighted by atomic mass is 32.2. The summed E-state index contributed by atoms with van der Waals surface area (Å²) in [5.74, 6) is 2.63. The van der Waals surface area contributed by atoms with Crippen molar-refractivity contribution < 1.29 is 0 Å². The molecule has 14 heavy (non-hydrogen) atoms. The van der Waals surface area contributed by atoms with Crippen molar-refractivity contribution in [2.24, 2.45) is 0 Å². The minimum absolute atomic E-state index is 0.763. The highest BCUT2D eigenvalue weighted by Gasteiger charge is 2.03. The van der Waals surface area contributed by atoms with Gasteiger partial charge in [0.05, 0.1) is 0 Å². The largest absolute Gasteiger partial charge is 0.317 e. The maximum Gasteiger partial charge on any atom is 0.00639 e. The minimum Gasteiger partial charge on any atom is -0.317 e. The molecular formula is C12H27NS. The molecule has 0 aromatic heterocycles. The molecule has 0 aliphatic rings. The summed E-state index contributed by atoms with van der Waals surface area (Å²) in [4.78, 5) is 0. The zero-order chi connectivity index (χ0) is 10.6. The normalized spacial score (nSPS) is 13.1. The van der Waals surface area contributed by atoms with Gasteiger partial charge in [0.25, 0.3) is 0 Å². The Morgan fingerprint density at radius 3 is 2.43 bits per heavy atom. The van der Waals surface area contributed by atoms with Gasteiger partial charge < -0.3 is 5.32 Å². The standard InChI is InChI=1S/C12H27NS/c1-4-9-12(13-3)10-7-6-8-11-14-5-2/h12-13H,4-11H2,1-3H3. The fraction of sp³-hybridized carbons (Fsp3) is 1.00. The highest BCUT2D eigenvalue weighted by molar-refractivity contribution is 7.99. The van der Waals surface area contributed by atoms with E-state index in [-0.39, 0.29) is 0 Å². The molecule has 0 aliphatic heterocycles. The molecule has 0 saturated carbocycles. The summed E-state index contributed by atoms with van der Waals surface area (Å²) in [6, 6.07) is 0.763. The van der Waals surface area contributed by atoms with Gasteiger partial charge in [0.2, 0.25) is 0 Å². The number of unbranched alkanes of at least 4 members (excludes halogenated alkanes) is 2. The average molecular weight is 217 g/mol. The van der Waals surface area contributed by atoms with Crippen molar-refractivity contribution in [1.29, 1.82) is 0 Å². The summed E-state index contributed by atoms with van der Waals surface area (Å²) in [5, 5.41) is 3.40. The van der Waals surface area contributed by atoms with Crippen molar-refractivity contribution in [3.8, 4) is 0 Å². The molecule has 0 saturated heterocycles. The van der Waals surface area contributed by atoms with Crippen LogP contribution in [-0.2, 0) is 0 Å². The Morgan fingerprint density at radius 1 is 1.07 bits per heavy atom. The predicted octanol–water partition coefficient (Wildman–Crippen LogP) is 3.69. The Hall–Kier alpha value is 0.310. The first-order chi connectivity index (χ1) is 6.85. The number of thioether (sulfide) groups is 1. The number of hydrogen-bond donors (Lipinski definition) is 1. The molecular weight excluding hydrogens is 190 g/mol. The van der Waals surface area contributed by atoms with E-state index in [9.17, 15) is 0 Å². The van der Waals surface area contributed by atoms with E-state index in [1.165, 1.54) is 50.0 Å². The van der Waals surface area contributed by atoms with Gasteiger partial charge in [0, 0.05) is 6.04 Å². The summed E-state index contributed by atoms with van der Waals surface area (Å²) in [6.07, 6.45) is 8.21. The summed E-state index contributed by atoms with van der Waals surface area (Å²) < 4.78 is 0. The number of hydrogen-bond acceptors (Lipinski definition) is 2. The van der Waals surface area contributed by atoms with Crippen molar-refractivity contribution in [1.82, 2.24) is 5.32 Å². The van der Waals surface area contributed by atoms with Gasteiger partial charge in [0.1, 0.15) is 0 Å². The van der Waals surface area contributed by atoms with E-state index < -0.39 is 0 Å². The van der Waals surface area contributed by atoms with Crippen LogP contribution in [0, 0.1) is 0 Å². The van der Waals surface area contributed by atoms with Crippen LogP contribution in [0.4, 0.5) is 0 Å². The first-order valence-electron chi connectivity index (χ1n) is 6.10. The SMILES string of the molecule is CCCC(CCCCCSCC)NC. The Kier molecular flexibility index (Phi) is 11.6. The van der Waals surface area contributed by atoms with E-state index >= 15 is 0 Å². The van der Waals surface area contributed by atoms with Crippen LogP contribution in [0.15, 0.2) is 0 Å². The van der Waals surface area contributed by atoms with Gasteiger partial charge in [-0.2, -0.15) is 11.8 Å². The van der Waals surface area contributed by atoms with E-state index in [1.807, 2.05) is 0 Å². The Bertz CT molecular complexity index is 106. The maximum absolute atomic E-state index is 3.40. The van der Waals surface area contributed by atoms with Crippen LogP contribution in [0.1, 0.15) is 52.4 Å². The molecule has 0 bridgehead atoms. The summed E-state index contributed by atoms with van der Waals surface area (Å²) >= 11 is 2.07. The molecule has 0 rings (SSSR count). The molecule has 0 aliphatic carbocycles. The van der Waals surface area contributed by atoms with Crippen LogP contribution in [0.5, 0.6) is 0 Å². The molecule has 1 atom stereocenters. The van der Waals surface area contributed by atoms with Crippen molar-refractivity contribution in [3.63, 3.8) is 0 Å². The lowest BCUT2D eigenvalue weighted by atomic mass is 10.0. The minimum atomic E-state index is 0.763. The molecule has 0 spiro atoms. The molecule has 0 aromatic carbocycles. The van der Waals surface area contributed by atoms with Gasteiger partial charge in [-0.15, -0.1) is 0 Å². The van der Waals surface area contributed by atoms with E-state index in [0.29, 0.717) is 0 Å². The Balaban J connectivity index is 3.15. The molecule has 0 heterocycles. The predicted molar refractivity (Wildman–Crippen MR) is 69.2 cm³/mol. The van der Waals surface area contributed by atoms with Crippen LogP contribution in [0.3, 0.4) is 0 Å². The maximum atomic E-state index is 3.40. The monoisotopic (exact) mass is 217 g/mol. The van der Waals surface area contributed by atoms with Crippen molar-refractivity contribution >= 4 is 11.8 Å². The van der Waals surface area contributed by atoms with Gasteiger partial charge in [-0.25, -0.2) is 0 Å². The lowest BCUT2D eigenvalue weighted by molar-refractivity contribution is 0.461. The molecule has 0 amide bonds. The fourth-order valence-electron chi connectivity index (χ4n) is 1.70. The topological polar surface area (TPSA) is 12.0 Å². The first kappa shape index (κ1) is 14.3. The van der Waals surface area contributed by atoms with Gasteiger partial charge >= 0.3 is 0 Å². The van der Waals surface area contributed by atoms with Crippen LogP contribution >= 0.6 is 11.8 Å². The molecule has 86 valence electrons. The number of nitrogens with one attached hydrogen (secondary N) is 1. The molecule has 0 aromatic rings. The molecule has 1 unspecified atom stereocenters. The van der Waals surface area contributed by atoms with E-state index in [2.05, 4.69) is 38.0 Å². The number of rotatable bonds is 10. The van der Waals surface area contributed by atoms with Gasteiger partial charge in [-0.1, -0.05) is 33.1 Å². The summed E-state index contributed by atoms with van der Waals surface area (Å²) in [6.45, 7) is 4.51. The summed E-state index contributed by atoms with van der Waals surface area (Å²) in [7, 11) is 2.09. The third-order valence-electron chi connectivity index (χ3n) is 2.59. The third kappa shape index (κ3) is 8.89. The van der Waals surface area contributed by atoms with Crippen LogP contribution < -0.4 is 5.32 Å². The van der Waals surface area contributed by atoms with Crippen LogP contribution in [0.25, 0.3) is 0 Å². The van der Waals surface area contributed by atoms with Crippen molar-refractivity contribution in [2.45, 2.75) is 58.4 Å². The van der Waals surface area contributed by atoms with Crippen molar-refractivity contribution in [3.05, 3.63) is 0 Å². The molecule has 0 radical (unpaired) electrons. The fourth-order valence-corrected chi connectivity index (χ4v) is 2.39. The van der Waals surface area contributed by atoms with E-state index in [4.69, 9.17) is 0 Å². The zero-order valence-corrected chi connectivity index (χ0v) is 11.0. The first-order valence-corrected chi connectivity index (χ1v) is 7.25. The van der Waals surface area contributed by atoms with Gasteiger partial charge in [0.15, 0.2) is 0 Å². The van der Waals surface area contributed by atoms with Gasteiger partial charge in [-0.3, -0.25) is 0 Å². The smallest absolute Gasteiger partial charge is 0.00639 e. The molecule has 0 fully saturated rings. The second-order valence-corrected chi connectivity index (χ2v) is 5.21.